The highest BCUT2D eigenvalue weighted by Gasteiger charge is 2.11. The van der Waals surface area contributed by atoms with Crippen molar-refractivity contribution in [1.82, 2.24) is 19.9 Å². The van der Waals surface area contributed by atoms with Crippen LogP contribution >= 0.6 is 11.6 Å². The van der Waals surface area contributed by atoms with Crippen LogP contribution in [0.5, 0.6) is 0 Å². The second-order valence-corrected chi connectivity index (χ2v) is 5.37. The summed E-state index contributed by atoms with van der Waals surface area (Å²) in [5, 5.41) is 11.9. The number of carbonyl (C=O) groups excluding carboxylic acids is 1. The zero-order valence-corrected chi connectivity index (χ0v) is 12.8. The summed E-state index contributed by atoms with van der Waals surface area (Å²) in [4.78, 5) is 12.0. The molecule has 0 fully saturated rings. The predicted molar refractivity (Wildman–Crippen MR) is 86.1 cm³/mol. The lowest BCUT2D eigenvalue weighted by Crippen LogP contribution is -2.24. The zero-order chi connectivity index (χ0) is 15.5. The third-order valence-electron chi connectivity index (χ3n) is 3.31. The molecule has 0 radical (unpaired) electrons. The van der Waals surface area contributed by atoms with Crippen molar-refractivity contribution in [3.63, 3.8) is 0 Å². The second-order valence-electron chi connectivity index (χ2n) is 4.93. The molecule has 3 rings (SSSR count). The van der Waals surface area contributed by atoms with Gasteiger partial charge in [-0.2, -0.15) is 0 Å². The van der Waals surface area contributed by atoms with E-state index in [0.717, 1.165) is 12.0 Å². The molecule has 1 amide bonds. The number of rotatable bonds is 4. The number of halogens is 1. The molecule has 6 heteroatoms. The van der Waals surface area contributed by atoms with Gasteiger partial charge in [0.2, 0.25) is 0 Å². The van der Waals surface area contributed by atoms with Crippen LogP contribution in [-0.4, -0.2) is 27.0 Å². The highest BCUT2D eigenvalue weighted by Crippen LogP contribution is 2.21. The van der Waals surface area contributed by atoms with Crippen molar-refractivity contribution in [1.29, 1.82) is 0 Å². The number of pyridine rings is 1. The Morgan fingerprint density at radius 3 is 2.73 bits per heavy atom. The minimum absolute atomic E-state index is 0.0969. The highest BCUT2D eigenvalue weighted by molar-refractivity contribution is 6.30. The molecular formula is C16H15ClN4O. The van der Waals surface area contributed by atoms with Crippen LogP contribution in [0.2, 0.25) is 5.02 Å². The van der Waals surface area contributed by atoms with E-state index >= 15 is 0 Å². The number of carbonyl (C=O) groups is 1. The van der Waals surface area contributed by atoms with Crippen molar-refractivity contribution in [2.75, 3.05) is 6.54 Å². The largest absolute Gasteiger partial charge is 0.352 e. The zero-order valence-electron chi connectivity index (χ0n) is 12.1. The molecule has 2 heterocycles. The monoisotopic (exact) mass is 314 g/mol. The van der Waals surface area contributed by atoms with Crippen LogP contribution in [0.15, 0.2) is 42.6 Å². The fourth-order valence-corrected chi connectivity index (χ4v) is 2.29. The molecule has 0 aliphatic carbocycles. The van der Waals surface area contributed by atoms with E-state index in [4.69, 9.17) is 11.6 Å². The first-order valence-electron chi connectivity index (χ1n) is 7.08. The number of nitrogens with zero attached hydrogens (tertiary/aromatic N) is 3. The Kier molecular flexibility index (Phi) is 4.06. The molecule has 1 N–H and O–H groups in total. The summed E-state index contributed by atoms with van der Waals surface area (Å²) in [6, 6.07) is 10.9. The lowest BCUT2D eigenvalue weighted by molar-refractivity contribution is 0.0953. The molecule has 1 aromatic carbocycles. The number of fused-ring (bicyclic) bond motifs is 1. The van der Waals surface area contributed by atoms with E-state index in [1.165, 1.54) is 0 Å². The van der Waals surface area contributed by atoms with Crippen LogP contribution in [0.4, 0.5) is 0 Å². The lowest BCUT2D eigenvalue weighted by atomic mass is 10.2. The van der Waals surface area contributed by atoms with E-state index in [1.807, 2.05) is 35.6 Å². The van der Waals surface area contributed by atoms with Gasteiger partial charge in [-0.25, -0.2) is 0 Å². The summed E-state index contributed by atoms with van der Waals surface area (Å²) >= 11 is 5.90. The molecule has 0 saturated heterocycles. The van der Waals surface area contributed by atoms with Gasteiger partial charge in [-0.05, 0) is 42.8 Å². The third-order valence-corrected chi connectivity index (χ3v) is 3.56. The summed E-state index contributed by atoms with van der Waals surface area (Å²) in [5.74, 6) is 0.618. The van der Waals surface area contributed by atoms with Gasteiger partial charge in [0.25, 0.3) is 5.91 Å². The van der Waals surface area contributed by atoms with Gasteiger partial charge < -0.3 is 5.32 Å². The van der Waals surface area contributed by atoms with Gasteiger partial charge in [0.05, 0.1) is 0 Å². The number of benzene rings is 1. The smallest absolute Gasteiger partial charge is 0.251 e. The highest BCUT2D eigenvalue weighted by atomic mass is 35.5. The third kappa shape index (κ3) is 2.80. The van der Waals surface area contributed by atoms with Crippen LogP contribution < -0.4 is 5.32 Å². The molecule has 0 spiro atoms. The Labute approximate surface area is 132 Å². The van der Waals surface area contributed by atoms with Crippen LogP contribution in [0, 0.1) is 0 Å². The average molecular weight is 315 g/mol. The number of amides is 1. The van der Waals surface area contributed by atoms with Crippen LogP contribution in [0.25, 0.3) is 17.0 Å². The number of nitrogens with one attached hydrogen (secondary N) is 1. The van der Waals surface area contributed by atoms with Crippen molar-refractivity contribution in [2.24, 2.45) is 0 Å². The van der Waals surface area contributed by atoms with Gasteiger partial charge in [0, 0.05) is 28.9 Å². The molecular weight excluding hydrogens is 300 g/mol. The average Bonchev–Trinajstić information content (AvgIpc) is 2.96. The Morgan fingerprint density at radius 1 is 1.23 bits per heavy atom. The molecule has 22 heavy (non-hydrogen) atoms. The maximum Gasteiger partial charge on any atom is 0.251 e. The molecule has 0 aliphatic rings. The first-order chi connectivity index (χ1) is 10.7. The summed E-state index contributed by atoms with van der Waals surface area (Å²) in [6.07, 6.45) is 2.71. The van der Waals surface area contributed by atoms with E-state index in [-0.39, 0.29) is 5.91 Å². The maximum atomic E-state index is 12.0. The van der Waals surface area contributed by atoms with E-state index in [2.05, 4.69) is 15.5 Å². The molecule has 0 unspecified atom stereocenters. The van der Waals surface area contributed by atoms with Crippen molar-refractivity contribution in [2.45, 2.75) is 13.3 Å². The van der Waals surface area contributed by atoms with Gasteiger partial charge in [0.1, 0.15) is 0 Å². The fourth-order valence-electron chi connectivity index (χ4n) is 2.17. The summed E-state index contributed by atoms with van der Waals surface area (Å²) in [6.45, 7) is 2.67. The minimum Gasteiger partial charge on any atom is -0.352 e. The van der Waals surface area contributed by atoms with Crippen LogP contribution in [0.3, 0.4) is 0 Å². The first-order valence-corrected chi connectivity index (χ1v) is 7.46. The Hall–Kier alpha value is -2.40. The normalized spacial score (nSPS) is 10.8. The van der Waals surface area contributed by atoms with Crippen LogP contribution in [-0.2, 0) is 0 Å². The Morgan fingerprint density at radius 2 is 2.00 bits per heavy atom. The Balaban J connectivity index is 1.96. The summed E-state index contributed by atoms with van der Waals surface area (Å²) in [5.41, 5.74) is 2.13. The van der Waals surface area contributed by atoms with Gasteiger partial charge in [-0.15, -0.1) is 10.2 Å². The molecule has 112 valence electrons. The van der Waals surface area contributed by atoms with Crippen molar-refractivity contribution >= 4 is 23.2 Å². The number of hydrogen-bond acceptors (Lipinski definition) is 3. The minimum atomic E-state index is -0.0969. The molecule has 0 aliphatic heterocycles. The molecule has 5 nitrogen and oxygen atoms in total. The standard InChI is InChI=1S/C16H15ClN4O/c1-2-8-18-16(22)12-7-9-21-14(10-12)19-20-15(21)11-3-5-13(17)6-4-11/h3-7,9-10H,2,8H2,1H3,(H,18,22). The topological polar surface area (TPSA) is 59.3 Å². The first kappa shape index (κ1) is 14.5. The van der Waals surface area contributed by atoms with E-state index in [1.54, 1.807) is 18.3 Å². The van der Waals surface area contributed by atoms with Crippen molar-refractivity contribution < 1.29 is 4.79 Å². The van der Waals surface area contributed by atoms with Gasteiger partial charge >= 0.3 is 0 Å². The Bertz CT molecular complexity index is 811. The van der Waals surface area contributed by atoms with E-state index in [0.29, 0.717) is 28.6 Å². The molecule has 2 aromatic heterocycles. The number of aromatic nitrogens is 3. The van der Waals surface area contributed by atoms with Gasteiger partial charge in [-0.1, -0.05) is 18.5 Å². The second kappa shape index (κ2) is 6.15. The molecule has 0 saturated carbocycles. The maximum absolute atomic E-state index is 12.0. The van der Waals surface area contributed by atoms with E-state index < -0.39 is 0 Å². The molecule has 0 bridgehead atoms. The number of hydrogen-bond donors (Lipinski definition) is 1. The molecule has 0 atom stereocenters. The van der Waals surface area contributed by atoms with Crippen LogP contribution in [0.1, 0.15) is 23.7 Å². The van der Waals surface area contributed by atoms with Gasteiger partial charge in [0.15, 0.2) is 11.5 Å². The molecule has 3 aromatic rings. The summed E-state index contributed by atoms with van der Waals surface area (Å²) < 4.78 is 1.85. The predicted octanol–water partition coefficient (Wildman–Crippen LogP) is 3.19. The quantitative estimate of drug-likeness (QED) is 0.804. The lowest BCUT2D eigenvalue weighted by Gasteiger charge is -2.04. The van der Waals surface area contributed by atoms with Crippen molar-refractivity contribution in [3.05, 3.63) is 53.2 Å². The fraction of sp³-hybridized carbons (Fsp3) is 0.188. The van der Waals surface area contributed by atoms with Gasteiger partial charge in [-0.3, -0.25) is 9.20 Å². The SMILES string of the molecule is CCCNC(=O)c1ccn2c(-c3ccc(Cl)cc3)nnc2c1. The summed E-state index contributed by atoms with van der Waals surface area (Å²) in [7, 11) is 0. The van der Waals surface area contributed by atoms with Crippen molar-refractivity contribution in [3.8, 4) is 11.4 Å². The van der Waals surface area contributed by atoms with E-state index in [9.17, 15) is 4.79 Å².